The van der Waals surface area contributed by atoms with Crippen molar-refractivity contribution in [2.45, 2.75) is 25.8 Å². The van der Waals surface area contributed by atoms with Gasteiger partial charge in [0.1, 0.15) is 0 Å². The SMILES string of the molecule is Cc1ccc(C(CO)NCC2CC2)cc1Cl. The molecule has 1 saturated carbocycles. The molecular weight excluding hydrogens is 222 g/mol. The van der Waals surface area contributed by atoms with Crippen molar-refractivity contribution in [1.82, 2.24) is 5.32 Å². The van der Waals surface area contributed by atoms with Crippen molar-refractivity contribution >= 4 is 11.6 Å². The van der Waals surface area contributed by atoms with E-state index in [1.54, 1.807) is 0 Å². The molecule has 0 radical (unpaired) electrons. The van der Waals surface area contributed by atoms with Crippen molar-refractivity contribution < 1.29 is 5.11 Å². The Kier molecular flexibility index (Phi) is 3.85. The topological polar surface area (TPSA) is 32.3 Å². The molecule has 1 aliphatic carbocycles. The normalized spacial score (nSPS) is 17.4. The van der Waals surface area contributed by atoms with Crippen molar-refractivity contribution in [3.8, 4) is 0 Å². The van der Waals surface area contributed by atoms with Crippen LogP contribution in [0.5, 0.6) is 0 Å². The maximum absolute atomic E-state index is 9.37. The van der Waals surface area contributed by atoms with E-state index in [1.807, 2.05) is 25.1 Å². The number of aliphatic hydroxyl groups is 1. The van der Waals surface area contributed by atoms with Gasteiger partial charge in [0.15, 0.2) is 0 Å². The van der Waals surface area contributed by atoms with Gasteiger partial charge in [0.25, 0.3) is 0 Å². The smallest absolute Gasteiger partial charge is 0.0626 e. The number of benzene rings is 1. The molecule has 0 saturated heterocycles. The molecule has 3 heteroatoms. The van der Waals surface area contributed by atoms with E-state index in [-0.39, 0.29) is 12.6 Å². The second-order valence-corrected chi connectivity index (χ2v) is 5.00. The van der Waals surface area contributed by atoms with Crippen molar-refractivity contribution in [3.05, 3.63) is 34.3 Å². The molecule has 16 heavy (non-hydrogen) atoms. The molecule has 2 nitrogen and oxygen atoms in total. The third kappa shape index (κ3) is 2.97. The maximum atomic E-state index is 9.37. The van der Waals surface area contributed by atoms with Gasteiger partial charge in [-0.2, -0.15) is 0 Å². The first-order valence-corrected chi connectivity index (χ1v) is 6.19. The van der Waals surface area contributed by atoms with Gasteiger partial charge in [-0.05, 0) is 49.4 Å². The fourth-order valence-corrected chi connectivity index (χ4v) is 1.93. The van der Waals surface area contributed by atoms with Gasteiger partial charge in [-0.3, -0.25) is 0 Å². The number of halogens is 1. The van der Waals surface area contributed by atoms with E-state index in [2.05, 4.69) is 5.32 Å². The summed E-state index contributed by atoms with van der Waals surface area (Å²) in [5.74, 6) is 0.815. The van der Waals surface area contributed by atoms with Crippen molar-refractivity contribution in [1.29, 1.82) is 0 Å². The van der Waals surface area contributed by atoms with Gasteiger partial charge in [0.2, 0.25) is 0 Å². The quantitative estimate of drug-likeness (QED) is 0.828. The lowest BCUT2D eigenvalue weighted by Crippen LogP contribution is -2.26. The summed E-state index contributed by atoms with van der Waals surface area (Å²) in [6.45, 7) is 3.10. The Balaban J connectivity index is 2.02. The number of hydrogen-bond acceptors (Lipinski definition) is 2. The summed E-state index contributed by atoms with van der Waals surface area (Å²) >= 11 is 6.08. The van der Waals surface area contributed by atoms with Gasteiger partial charge in [0.05, 0.1) is 12.6 Å². The summed E-state index contributed by atoms with van der Waals surface area (Å²) in [4.78, 5) is 0. The van der Waals surface area contributed by atoms with Crippen LogP contribution < -0.4 is 5.32 Å². The van der Waals surface area contributed by atoms with E-state index < -0.39 is 0 Å². The van der Waals surface area contributed by atoms with Crippen molar-refractivity contribution in [2.24, 2.45) is 5.92 Å². The van der Waals surface area contributed by atoms with Crippen LogP contribution in [0.15, 0.2) is 18.2 Å². The predicted octanol–water partition coefficient (Wildman–Crippen LogP) is 2.68. The first-order valence-electron chi connectivity index (χ1n) is 5.81. The first kappa shape index (κ1) is 11.9. The summed E-state index contributed by atoms with van der Waals surface area (Å²) in [5.41, 5.74) is 2.14. The minimum atomic E-state index is 0.0127. The molecule has 0 spiro atoms. The highest BCUT2D eigenvalue weighted by Crippen LogP contribution is 2.29. The standard InChI is InChI=1S/C13H18ClNO/c1-9-2-5-11(6-12(9)14)13(8-16)15-7-10-3-4-10/h2,5-6,10,13,15-16H,3-4,7-8H2,1H3. The molecule has 0 heterocycles. The Labute approximate surface area is 102 Å². The zero-order valence-electron chi connectivity index (χ0n) is 9.54. The van der Waals surface area contributed by atoms with Gasteiger partial charge in [-0.1, -0.05) is 23.7 Å². The molecule has 1 aromatic carbocycles. The Bertz CT molecular complexity index is 363. The molecule has 2 rings (SSSR count). The lowest BCUT2D eigenvalue weighted by atomic mass is 10.1. The number of rotatable bonds is 5. The summed E-state index contributed by atoms with van der Waals surface area (Å²) in [6.07, 6.45) is 2.64. The molecule has 1 aromatic rings. The van der Waals surface area contributed by atoms with Crippen LogP contribution in [0.3, 0.4) is 0 Å². The number of aryl methyl sites for hydroxylation is 1. The second-order valence-electron chi connectivity index (χ2n) is 4.60. The summed E-state index contributed by atoms with van der Waals surface area (Å²) in [7, 11) is 0. The summed E-state index contributed by atoms with van der Waals surface area (Å²) < 4.78 is 0. The van der Waals surface area contributed by atoms with Crippen LogP contribution in [0.4, 0.5) is 0 Å². The van der Waals surface area contributed by atoms with Gasteiger partial charge in [-0.25, -0.2) is 0 Å². The van der Waals surface area contributed by atoms with Gasteiger partial charge in [0, 0.05) is 5.02 Å². The highest BCUT2D eigenvalue weighted by atomic mass is 35.5. The molecule has 0 amide bonds. The Hall–Kier alpha value is -0.570. The molecule has 1 fully saturated rings. The predicted molar refractivity (Wildman–Crippen MR) is 66.7 cm³/mol. The van der Waals surface area contributed by atoms with E-state index in [9.17, 15) is 5.11 Å². The molecule has 0 aliphatic heterocycles. The molecule has 0 aromatic heterocycles. The van der Waals surface area contributed by atoms with E-state index in [1.165, 1.54) is 12.8 Å². The van der Waals surface area contributed by atoms with Gasteiger partial charge < -0.3 is 10.4 Å². The van der Waals surface area contributed by atoms with E-state index in [4.69, 9.17) is 11.6 Å². The lowest BCUT2D eigenvalue weighted by molar-refractivity contribution is 0.243. The zero-order chi connectivity index (χ0) is 11.5. The van der Waals surface area contributed by atoms with E-state index >= 15 is 0 Å². The van der Waals surface area contributed by atoms with E-state index in [0.717, 1.165) is 28.6 Å². The van der Waals surface area contributed by atoms with E-state index in [0.29, 0.717) is 0 Å². The zero-order valence-corrected chi connectivity index (χ0v) is 10.3. The molecule has 1 unspecified atom stereocenters. The number of aliphatic hydroxyl groups excluding tert-OH is 1. The molecule has 1 atom stereocenters. The average molecular weight is 240 g/mol. The molecular formula is C13H18ClNO. The van der Waals surface area contributed by atoms with Crippen LogP contribution in [0.2, 0.25) is 5.02 Å². The molecule has 1 aliphatic rings. The Morgan fingerprint density at radius 1 is 1.50 bits per heavy atom. The highest BCUT2D eigenvalue weighted by Gasteiger charge is 2.22. The van der Waals surface area contributed by atoms with Crippen LogP contribution in [0.25, 0.3) is 0 Å². The van der Waals surface area contributed by atoms with Crippen LogP contribution >= 0.6 is 11.6 Å². The van der Waals surface area contributed by atoms with Crippen LogP contribution in [0, 0.1) is 12.8 Å². The Morgan fingerprint density at radius 2 is 2.25 bits per heavy atom. The lowest BCUT2D eigenvalue weighted by Gasteiger charge is -2.17. The van der Waals surface area contributed by atoms with Crippen molar-refractivity contribution in [3.63, 3.8) is 0 Å². The molecule has 2 N–H and O–H groups in total. The maximum Gasteiger partial charge on any atom is 0.0626 e. The van der Waals surface area contributed by atoms with Gasteiger partial charge >= 0.3 is 0 Å². The minimum absolute atomic E-state index is 0.0127. The highest BCUT2D eigenvalue weighted by molar-refractivity contribution is 6.31. The molecule has 0 bridgehead atoms. The third-order valence-electron chi connectivity index (χ3n) is 3.13. The third-order valence-corrected chi connectivity index (χ3v) is 3.54. The number of hydrogen-bond donors (Lipinski definition) is 2. The van der Waals surface area contributed by atoms with Crippen molar-refractivity contribution in [2.75, 3.05) is 13.2 Å². The summed E-state index contributed by atoms with van der Waals surface area (Å²) in [6, 6.07) is 5.98. The van der Waals surface area contributed by atoms with Crippen LogP contribution in [0.1, 0.15) is 30.0 Å². The largest absolute Gasteiger partial charge is 0.394 e. The Morgan fingerprint density at radius 3 is 2.81 bits per heavy atom. The fraction of sp³-hybridized carbons (Fsp3) is 0.538. The second kappa shape index (κ2) is 5.17. The fourth-order valence-electron chi connectivity index (χ4n) is 1.74. The summed E-state index contributed by atoms with van der Waals surface area (Å²) in [5, 5.41) is 13.5. The number of nitrogens with one attached hydrogen (secondary N) is 1. The molecule has 88 valence electrons. The van der Waals surface area contributed by atoms with Gasteiger partial charge in [-0.15, -0.1) is 0 Å². The monoisotopic (exact) mass is 239 g/mol. The average Bonchev–Trinajstić information content (AvgIpc) is 3.08. The van der Waals surface area contributed by atoms with Crippen LogP contribution in [-0.2, 0) is 0 Å². The first-order chi connectivity index (χ1) is 7.70. The van der Waals surface area contributed by atoms with Crippen LogP contribution in [-0.4, -0.2) is 18.3 Å². The minimum Gasteiger partial charge on any atom is -0.394 e.